The van der Waals surface area contributed by atoms with Gasteiger partial charge in [0.05, 0.1) is 17.0 Å². The number of carbonyl (C=O) groups excluding carboxylic acids is 1. The van der Waals surface area contributed by atoms with Crippen LogP contribution >= 0.6 is 23.2 Å². The molecular formula is C15H12Cl2N2O3. The largest absolute Gasteiger partial charge is 0.325 e. The average Bonchev–Trinajstić information content (AvgIpc) is 2.45. The maximum atomic E-state index is 12.1. The summed E-state index contributed by atoms with van der Waals surface area (Å²) in [7, 11) is 0. The highest BCUT2D eigenvalue weighted by Crippen LogP contribution is 2.26. The first-order valence-electron chi connectivity index (χ1n) is 6.36. The van der Waals surface area contributed by atoms with Gasteiger partial charge < -0.3 is 5.32 Å². The summed E-state index contributed by atoms with van der Waals surface area (Å²) in [6.45, 7) is 1.75. The van der Waals surface area contributed by atoms with E-state index in [2.05, 4.69) is 5.32 Å². The quantitative estimate of drug-likeness (QED) is 0.663. The van der Waals surface area contributed by atoms with E-state index in [0.29, 0.717) is 21.3 Å². The van der Waals surface area contributed by atoms with Gasteiger partial charge in [-0.15, -0.1) is 0 Å². The zero-order valence-corrected chi connectivity index (χ0v) is 13.1. The van der Waals surface area contributed by atoms with E-state index in [1.807, 2.05) is 0 Å². The van der Waals surface area contributed by atoms with Gasteiger partial charge in [-0.3, -0.25) is 14.9 Å². The van der Waals surface area contributed by atoms with Crippen molar-refractivity contribution in [3.8, 4) is 0 Å². The van der Waals surface area contributed by atoms with E-state index >= 15 is 0 Å². The summed E-state index contributed by atoms with van der Waals surface area (Å²) >= 11 is 12.0. The Balaban J connectivity index is 2.19. The molecule has 0 fully saturated rings. The molecule has 0 aliphatic rings. The van der Waals surface area contributed by atoms with E-state index in [0.717, 1.165) is 5.56 Å². The van der Waals surface area contributed by atoms with E-state index < -0.39 is 4.92 Å². The number of nitro groups is 1. The van der Waals surface area contributed by atoms with E-state index in [1.54, 1.807) is 31.2 Å². The van der Waals surface area contributed by atoms with Crippen LogP contribution < -0.4 is 5.32 Å². The molecule has 22 heavy (non-hydrogen) atoms. The second kappa shape index (κ2) is 6.77. The Morgan fingerprint density at radius 3 is 2.45 bits per heavy atom. The summed E-state index contributed by atoms with van der Waals surface area (Å²) < 4.78 is 0. The van der Waals surface area contributed by atoms with Crippen molar-refractivity contribution < 1.29 is 9.72 Å². The second-order valence-electron chi connectivity index (χ2n) is 4.68. The first-order chi connectivity index (χ1) is 10.4. The van der Waals surface area contributed by atoms with Crippen molar-refractivity contribution in [3.05, 3.63) is 67.7 Å². The Bertz CT molecular complexity index is 727. The Morgan fingerprint density at radius 2 is 1.86 bits per heavy atom. The van der Waals surface area contributed by atoms with Crippen LogP contribution in [0.2, 0.25) is 10.0 Å². The molecule has 2 aromatic carbocycles. The minimum absolute atomic E-state index is 0.0133. The lowest BCUT2D eigenvalue weighted by atomic mass is 10.1. The normalized spacial score (nSPS) is 10.3. The summed E-state index contributed by atoms with van der Waals surface area (Å²) in [4.78, 5) is 22.4. The summed E-state index contributed by atoms with van der Waals surface area (Å²) in [5, 5.41) is 14.2. The number of anilines is 1. The average molecular weight is 339 g/mol. The molecule has 7 heteroatoms. The number of amides is 1. The van der Waals surface area contributed by atoms with E-state index in [1.165, 1.54) is 12.1 Å². The third-order valence-corrected chi connectivity index (χ3v) is 3.81. The van der Waals surface area contributed by atoms with Crippen LogP contribution in [-0.2, 0) is 11.2 Å². The van der Waals surface area contributed by atoms with Crippen LogP contribution in [-0.4, -0.2) is 10.8 Å². The van der Waals surface area contributed by atoms with Crippen LogP contribution in [0.5, 0.6) is 0 Å². The SMILES string of the molecule is Cc1ccc([N+](=O)[O-])cc1NC(=O)Cc1c(Cl)cccc1Cl. The lowest BCUT2D eigenvalue weighted by Gasteiger charge is -2.10. The fourth-order valence-corrected chi connectivity index (χ4v) is 2.45. The molecule has 0 unspecified atom stereocenters. The molecule has 0 bridgehead atoms. The molecule has 0 spiro atoms. The minimum atomic E-state index is -0.514. The molecule has 0 saturated carbocycles. The van der Waals surface area contributed by atoms with Crippen molar-refractivity contribution in [1.29, 1.82) is 0 Å². The third-order valence-electron chi connectivity index (χ3n) is 3.11. The monoisotopic (exact) mass is 338 g/mol. The molecule has 0 heterocycles. The van der Waals surface area contributed by atoms with Crippen LogP contribution in [0.1, 0.15) is 11.1 Å². The van der Waals surface area contributed by atoms with Crippen LogP contribution in [0.25, 0.3) is 0 Å². The molecule has 114 valence electrons. The van der Waals surface area contributed by atoms with Crippen LogP contribution in [0.15, 0.2) is 36.4 Å². The topological polar surface area (TPSA) is 72.2 Å². The van der Waals surface area contributed by atoms with Gasteiger partial charge in [0.15, 0.2) is 0 Å². The highest BCUT2D eigenvalue weighted by molar-refractivity contribution is 6.36. The van der Waals surface area contributed by atoms with Crippen molar-refractivity contribution in [1.82, 2.24) is 0 Å². The van der Waals surface area contributed by atoms with Gasteiger partial charge in [0.2, 0.25) is 5.91 Å². The molecular weight excluding hydrogens is 327 g/mol. The van der Waals surface area contributed by atoms with Crippen molar-refractivity contribution in [2.24, 2.45) is 0 Å². The van der Waals surface area contributed by atoms with Gasteiger partial charge in [-0.05, 0) is 30.2 Å². The number of nitro benzene ring substituents is 1. The van der Waals surface area contributed by atoms with Crippen LogP contribution in [0, 0.1) is 17.0 Å². The summed E-state index contributed by atoms with van der Waals surface area (Å²) in [5.74, 6) is -0.349. The van der Waals surface area contributed by atoms with E-state index in [9.17, 15) is 14.9 Å². The van der Waals surface area contributed by atoms with Crippen molar-refractivity contribution >= 4 is 40.5 Å². The van der Waals surface area contributed by atoms with Gasteiger partial charge >= 0.3 is 0 Å². The molecule has 0 aliphatic heterocycles. The summed E-state index contributed by atoms with van der Waals surface area (Å²) in [6, 6.07) is 9.27. The number of non-ortho nitro benzene ring substituents is 1. The third kappa shape index (κ3) is 3.75. The van der Waals surface area contributed by atoms with Crippen molar-refractivity contribution in [2.75, 3.05) is 5.32 Å². The van der Waals surface area contributed by atoms with Gasteiger partial charge in [-0.2, -0.15) is 0 Å². The summed E-state index contributed by atoms with van der Waals surface area (Å²) in [5.41, 5.74) is 1.55. The predicted octanol–water partition coefficient (Wildman–Crippen LogP) is 4.39. The number of rotatable bonds is 4. The van der Waals surface area contributed by atoms with E-state index in [-0.39, 0.29) is 18.0 Å². The lowest BCUT2D eigenvalue weighted by molar-refractivity contribution is -0.384. The number of benzene rings is 2. The number of halogens is 2. The molecule has 2 rings (SSSR count). The number of hydrogen-bond acceptors (Lipinski definition) is 3. The smallest absolute Gasteiger partial charge is 0.271 e. The predicted molar refractivity (Wildman–Crippen MR) is 86.6 cm³/mol. The minimum Gasteiger partial charge on any atom is -0.325 e. The highest BCUT2D eigenvalue weighted by Gasteiger charge is 2.14. The zero-order chi connectivity index (χ0) is 16.3. The van der Waals surface area contributed by atoms with Gasteiger partial charge in [-0.1, -0.05) is 35.3 Å². The Hall–Kier alpha value is -2.11. The molecule has 1 N–H and O–H groups in total. The van der Waals surface area contributed by atoms with Crippen LogP contribution in [0.3, 0.4) is 0 Å². The standard InChI is InChI=1S/C15H12Cl2N2O3/c1-9-5-6-10(19(21)22)7-14(9)18-15(20)8-11-12(16)3-2-4-13(11)17/h2-7H,8H2,1H3,(H,18,20). The second-order valence-corrected chi connectivity index (χ2v) is 5.50. The molecule has 0 saturated heterocycles. The van der Waals surface area contributed by atoms with Crippen molar-refractivity contribution in [3.63, 3.8) is 0 Å². The van der Waals surface area contributed by atoms with E-state index in [4.69, 9.17) is 23.2 Å². The van der Waals surface area contributed by atoms with Gasteiger partial charge in [0.1, 0.15) is 0 Å². The lowest BCUT2D eigenvalue weighted by Crippen LogP contribution is -2.15. The van der Waals surface area contributed by atoms with Gasteiger partial charge in [0, 0.05) is 22.2 Å². The fourth-order valence-electron chi connectivity index (χ4n) is 1.91. The Kier molecular flexibility index (Phi) is 5.00. The molecule has 0 aliphatic carbocycles. The first kappa shape index (κ1) is 16.3. The fraction of sp³-hybridized carbons (Fsp3) is 0.133. The number of nitrogens with zero attached hydrogens (tertiary/aromatic N) is 1. The van der Waals surface area contributed by atoms with Gasteiger partial charge in [0.25, 0.3) is 5.69 Å². The number of nitrogens with one attached hydrogen (secondary N) is 1. The molecule has 1 amide bonds. The Labute approximate surface area is 137 Å². The van der Waals surface area contributed by atoms with Crippen molar-refractivity contribution in [2.45, 2.75) is 13.3 Å². The maximum Gasteiger partial charge on any atom is 0.271 e. The molecule has 0 radical (unpaired) electrons. The molecule has 0 atom stereocenters. The molecule has 5 nitrogen and oxygen atoms in total. The zero-order valence-electron chi connectivity index (χ0n) is 11.6. The molecule has 0 aromatic heterocycles. The summed E-state index contributed by atoms with van der Waals surface area (Å²) in [6.07, 6.45) is -0.0133. The first-order valence-corrected chi connectivity index (χ1v) is 7.12. The highest BCUT2D eigenvalue weighted by atomic mass is 35.5. The number of aryl methyl sites for hydroxylation is 1. The van der Waals surface area contributed by atoms with Crippen LogP contribution in [0.4, 0.5) is 11.4 Å². The number of carbonyl (C=O) groups is 1. The Morgan fingerprint density at radius 1 is 1.23 bits per heavy atom. The van der Waals surface area contributed by atoms with Gasteiger partial charge in [-0.25, -0.2) is 0 Å². The number of hydrogen-bond donors (Lipinski definition) is 1. The maximum absolute atomic E-state index is 12.1. The molecule has 2 aromatic rings.